The van der Waals surface area contributed by atoms with Crippen molar-refractivity contribution in [2.45, 2.75) is 50.8 Å². The molecule has 2 bridgehead atoms. The van der Waals surface area contributed by atoms with Crippen molar-refractivity contribution >= 4 is 40.6 Å². The largest absolute Gasteiger partial charge is 0.490 e. The molecule has 4 heterocycles. The summed E-state index contributed by atoms with van der Waals surface area (Å²) in [5.74, 6) is -6.22. The van der Waals surface area contributed by atoms with Crippen molar-refractivity contribution in [1.82, 2.24) is 19.7 Å². The second-order valence-electron chi connectivity index (χ2n) is 10.9. The first-order valence-electron chi connectivity index (χ1n) is 14.1. The van der Waals surface area contributed by atoms with Crippen LogP contribution in [0.3, 0.4) is 0 Å². The van der Waals surface area contributed by atoms with Crippen molar-refractivity contribution < 1.29 is 54.6 Å². The quantitative estimate of drug-likeness (QED) is 0.278. The predicted octanol–water partition coefficient (Wildman–Crippen LogP) is 6.99. The van der Waals surface area contributed by atoms with Gasteiger partial charge in [-0.1, -0.05) is 18.5 Å². The fourth-order valence-corrected chi connectivity index (χ4v) is 5.51. The van der Waals surface area contributed by atoms with Crippen LogP contribution in [0.25, 0.3) is 16.8 Å². The molecule has 9 nitrogen and oxygen atoms in total. The van der Waals surface area contributed by atoms with Crippen LogP contribution in [0.1, 0.15) is 49.0 Å². The van der Waals surface area contributed by atoms with Crippen molar-refractivity contribution in [2.75, 3.05) is 11.9 Å². The van der Waals surface area contributed by atoms with Crippen molar-refractivity contribution in [3.63, 3.8) is 0 Å². The first-order valence-corrected chi connectivity index (χ1v) is 14.5. The summed E-state index contributed by atoms with van der Waals surface area (Å²) in [6, 6.07) is 4.16. The standard InChI is InChI=1S/C28H25ClF5N5O2.C2HF3O2/c1-14-19(30)5-6-22(20-11-16(7-9-35-20)26-21(37-27(14)41)13-36-38(26)2)39-10-8-15(12-23(39)40)24-17(28(32,33)34)3-4-18(29)25(24)31;3-2(4,5)1(6)7/h3-4,7,9,11-14,19,22H,5-6,8,10H2,1-2H3,(H,37,41);(H,6,7)/t14-,19?,22+;/m1./s1. The van der Waals surface area contributed by atoms with Gasteiger partial charge in [-0.15, -0.1) is 0 Å². The maximum Gasteiger partial charge on any atom is 0.490 e. The van der Waals surface area contributed by atoms with Gasteiger partial charge < -0.3 is 15.3 Å². The fraction of sp³-hybridized carbons (Fsp3) is 0.367. The Balaban J connectivity index is 0.000000671. The number of carbonyl (C=O) groups excluding carboxylic acids is 2. The van der Waals surface area contributed by atoms with Gasteiger partial charge in [-0.2, -0.15) is 31.4 Å². The van der Waals surface area contributed by atoms with Gasteiger partial charge >= 0.3 is 18.3 Å². The first-order chi connectivity index (χ1) is 22.3. The molecule has 0 aliphatic carbocycles. The van der Waals surface area contributed by atoms with E-state index >= 15 is 4.39 Å². The summed E-state index contributed by atoms with van der Waals surface area (Å²) in [7, 11) is 1.68. The van der Waals surface area contributed by atoms with E-state index in [0.29, 0.717) is 28.7 Å². The number of hydrogen-bond acceptors (Lipinski definition) is 5. The maximum atomic E-state index is 15.3. The number of carboxylic acids is 1. The molecule has 0 saturated carbocycles. The number of carbonyl (C=O) groups is 3. The van der Waals surface area contributed by atoms with Gasteiger partial charge in [0.15, 0.2) is 0 Å². The van der Waals surface area contributed by atoms with E-state index in [4.69, 9.17) is 21.5 Å². The van der Waals surface area contributed by atoms with Crippen LogP contribution in [-0.4, -0.2) is 61.4 Å². The number of aromatic nitrogens is 3. The molecule has 18 heteroatoms. The third-order valence-electron chi connectivity index (χ3n) is 7.81. The molecule has 2 amide bonds. The summed E-state index contributed by atoms with van der Waals surface area (Å²) >= 11 is 5.80. The number of alkyl halides is 7. The number of benzene rings is 1. The molecular weight excluding hydrogens is 682 g/mol. The molecule has 3 aromatic rings. The third kappa shape index (κ3) is 7.77. The Labute approximate surface area is 272 Å². The van der Waals surface area contributed by atoms with Crippen molar-refractivity contribution in [3.8, 4) is 11.3 Å². The number of anilines is 1. The van der Waals surface area contributed by atoms with Gasteiger partial charge in [0.25, 0.3) is 0 Å². The van der Waals surface area contributed by atoms with Crippen molar-refractivity contribution in [1.29, 1.82) is 0 Å². The molecule has 3 atom stereocenters. The van der Waals surface area contributed by atoms with Gasteiger partial charge in [0.05, 0.1) is 45.8 Å². The number of aliphatic carboxylic acids is 1. The minimum Gasteiger partial charge on any atom is -0.475 e. The summed E-state index contributed by atoms with van der Waals surface area (Å²) in [5.41, 5.74) is -0.130. The number of hydrogen-bond donors (Lipinski definition) is 2. The Bertz CT molecular complexity index is 1760. The summed E-state index contributed by atoms with van der Waals surface area (Å²) in [5, 5.41) is 13.6. The molecule has 258 valence electrons. The summed E-state index contributed by atoms with van der Waals surface area (Å²) in [6.45, 7) is 1.39. The van der Waals surface area contributed by atoms with Crippen molar-refractivity contribution in [2.24, 2.45) is 13.0 Å². The lowest BCUT2D eigenvalue weighted by Crippen LogP contribution is -2.38. The van der Waals surface area contributed by atoms with Crippen LogP contribution in [-0.2, 0) is 27.6 Å². The Morgan fingerprint density at radius 2 is 1.77 bits per heavy atom. The number of rotatable bonds is 2. The molecule has 5 rings (SSSR count). The maximum absolute atomic E-state index is 15.3. The minimum atomic E-state index is -5.08. The number of pyridine rings is 1. The van der Waals surface area contributed by atoms with Crippen LogP contribution in [0.5, 0.6) is 0 Å². The van der Waals surface area contributed by atoms with Crippen LogP contribution >= 0.6 is 11.6 Å². The number of nitrogens with zero attached hydrogens (tertiary/aromatic N) is 4. The second-order valence-corrected chi connectivity index (χ2v) is 11.3. The van der Waals surface area contributed by atoms with E-state index < -0.39 is 70.2 Å². The molecule has 0 spiro atoms. The van der Waals surface area contributed by atoms with Crippen LogP contribution in [0, 0.1) is 11.7 Å². The van der Waals surface area contributed by atoms with Crippen LogP contribution < -0.4 is 5.32 Å². The molecule has 1 unspecified atom stereocenters. The fourth-order valence-electron chi connectivity index (χ4n) is 5.35. The lowest BCUT2D eigenvalue weighted by atomic mass is 9.91. The van der Waals surface area contributed by atoms with Gasteiger partial charge in [0, 0.05) is 37.0 Å². The summed E-state index contributed by atoms with van der Waals surface area (Å²) in [6.07, 6.45) is -7.67. The number of aryl methyl sites for hydroxylation is 1. The molecule has 1 aromatic carbocycles. The number of amides is 2. The van der Waals surface area contributed by atoms with Crippen LogP contribution in [0.2, 0.25) is 5.02 Å². The zero-order valence-corrected chi connectivity index (χ0v) is 25.7. The Kier molecular flexibility index (Phi) is 10.5. The third-order valence-corrected chi connectivity index (χ3v) is 8.10. The highest BCUT2D eigenvalue weighted by Crippen LogP contribution is 2.42. The number of carboxylic acid groups (broad SMARTS) is 1. The molecule has 0 saturated heterocycles. The SMILES string of the molecule is C[C@H]1C(=O)Nc2cnn(C)c2-c2ccnc(c2)[C@@H](N2CCC(c3c(C(F)(F)F)ccc(Cl)c3F)=CC2=O)CCC1F.O=C(O)C(F)(F)F. The number of nitrogens with one attached hydrogen (secondary N) is 1. The normalized spacial score (nSPS) is 20.4. The van der Waals surface area contributed by atoms with Crippen molar-refractivity contribution in [3.05, 3.63) is 70.4 Å². The molecular formula is C30H26ClF8N5O4. The van der Waals surface area contributed by atoms with Crippen LogP contribution in [0.4, 0.5) is 40.8 Å². The zero-order valence-electron chi connectivity index (χ0n) is 25.0. The smallest absolute Gasteiger partial charge is 0.475 e. The van der Waals surface area contributed by atoms with Gasteiger partial charge in [0.2, 0.25) is 11.8 Å². The van der Waals surface area contributed by atoms with E-state index in [1.807, 2.05) is 0 Å². The predicted molar refractivity (Wildman–Crippen MR) is 156 cm³/mol. The minimum absolute atomic E-state index is 0.0750. The molecule has 2 N–H and O–H groups in total. The van der Waals surface area contributed by atoms with Gasteiger partial charge in [-0.05, 0) is 49.1 Å². The molecule has 2 aliphatic rings. The lowest BCUT2D eigenvalue weighted by molar-refractivity contribution is -0.192. The highest BCUT2D eigenvalue weighted by molar-refractivity contribution is 6.31. The topological polar surface area (TPSA) is 117 Å². The van der Waals surface area contributed by atoms with E-state index in [1.165, 1.54) is 24.2 Å². The highest BCUT2D eigenvalue weighted by atomic mass is 35.5. The Hall–Kier alpha value is -4.54. The number of halogens is 9. The number of fused-ring (bicyclic) bond motifs is 4. The van der Waals surface area contributed by atoms with Gasteiger partial charge in [-0.3, -0.25) is 19.3 Å². The monoisotopic (exact) mass is 707 g/mol. The van der Waals surface area contributed by atoms with E-state index in [9.17, 15) is 40.3 Å². The Morgan fingerprint density at radius 3 is 2.38 bits per heavy atom. The van der Waals surface area contributed by atoms with Gasteiger partial charge in [0.1, 0.15) is 12.0 Å². The second kappa shape index (κ2) is 13.9. The van der Waals surface area contributed by atoms with E-state index in [-0.39, 0.29) is 31.4 Å². The molecule has 48 heavy (non-hydrogen) atoms. The van der Waals surface area contributed by atoms with E-state index in [1.54, 1.807) is 23.9 Å². The average molecular weight is 708 g/mol. The summed E-state index contributed by atoms with van der Waals surface area (Å²) < 4.78 is 105. The van der Waals surface area contributed by atoms with E-state index in [0.717, 1.165) is 12.1 Å². The van der Waals surface area contributed by atoms with Crippen LogP contribution in [0.15, 0.2) is 42.7 Å². The molecule has 0 fully saturated rings. The zero-order chi connectivity index (χ0) is 35.7. The Morgan fingerprint density at radius 1 is 1.10 bits per heavy atom. The highest BCUT2D eigenvalue weighted by Gasteiger charge is 2.39. The summed E-state index contributed by atoms with van der Waals surface area (Å²) in [4.78, 5) is 41.0. The average Bonchev–Trinajstić information content (AvgIpc) is 3.36. The first kappa shape index (κ1) is 36.3. The van der Waals surface area contributed by atoms with Gasteiger partial charge in [-0.25, -0.2) is 13.6 Å². The molecule has 0 radical (unpaired) electrons. The lowest BCUT2D eigenvalue weighted by Gasteiger charge is -2.35. The molecule has 2 aliphatic heterocycles. The molecule has 2 aromatic heterocycles. The van der Waals surface area contributed by atoms with E-state index in [2.05, 4.69) is 15.4 Å².